The number of aliphatic hydroxyl groups is 2. The lowest BCUT2D eigenvalue weighted by Gasteiger charge is -2.38. The number of aromatic hydroxyl groups is 1. The number of rotatable bonds is 2. The van der Waals surface area contributed by atoms with Gasteiger partial charge in [0.15, 0.2) is 0 Å². The van der Waals surface area contributed by atoms with Gasteiger partial charge < -0.3 is 24.8 Å². The second kappa shape index (κ2) is 4.40. The van der Waals surface area contributed by atoms with Crippen LogP contribution in [0.15, 0.2) is 6.07 Å². The molecule has 0 saturated heterocycles. The Hall–Kier alpha value is -1.79. The zero-order chi connectivity index (χ0) is 14.4. The lowest BCUT2D eigenvalue weighted by molar-refractivity contribution is -0.206. The lowest BCUT2D eigenvalue weighted by atomic mass is 9.83. The Morgan fingerprint density at radius 3 is 2.68 bits per heavy atom. The van der Waals surface area contributed by atoms with Gasteiger partial charge in [0.25, 0.3) is 0 Å². The van der Waals surface area contributed by atoms with Gasteiger partial charge in [-0.1, -0.05) is 6.92 Å². The fourth-order valence-corrected chi connectivity index (χ4v) is 2.43. The third-order valence-corrected chi connectivity index (χ3v) is 3.60. The van der Waals surface area contributed by atoms with Gasteiger partial charge in [0.05, 0.1) is 13.0 Å². The minimum atomic E-state index is -1.99. The van der Waals surface area contributed by atoms with Crippen molar-refractivity contribution in [3.05, 3.63) is 22.8 Å². The van der Waals surface area contributed by atoms with Crippen molar-refractivity contribution in [3.8, 4) is 11.5 Å². The summed E-state index contributed by atoms with van der Waals surface area (Å²) in [6.45, 7) is 2.59. The summed E-state index contributed by atoms with van der Waals surface area (Å²) in [4.78, 5) is 11.9. The van der Waals surface area contributed by atoms with E-state index in [1.165, 1.54) is 13.2 Å². The molecule has 6 nitrogen and oxygen atoms in total. The molecule has 0 saturated carbocycles. The molecule has 104 valence electrons. The number of aliphatic hydroxyl groups excluding tert-OH is 1. The van der Waals surface area contributed by atoms with Gasteiger partial charge in [-0.25, -0.2) is 4.79 Å². The zero-order valence-electron chi connectivity index (χ0n) is 10.9. The van der Waals surface area contributed by atoms with Crippen LogP contribution in [-0.2, 0) is 4.74 Å². The van der Waals surface area contributed by atoms with Crippen LogP contribution in [0.4, 0.5) is 0 Å². The first-order chi connectivity index (χ1) is 8.85. The molecular formula is C13H16O6. The Morgan fingerprint density at radius 1 is 1.53 bits per heavy atom. The molecule has 1 heterocycles. The summed E-state index contributed by atoms with van der Waals surface area (Å²) in [5.41, 5.74) is 1.04. The number of hydrogen-bond acceptors (Lipinski definition) is 6. The SMILES string of the molecule is COc1cc(O)c2c(c1C)[C@H](C)C(O)(CO)OC2=O. The Labute approximate surface area is 110 Å². The molecule has 0 amide bonds. The topological polar surface area (TPSA) is 96.2 Å². The lowest BCUT2D eigenvalue weighted by Crippen LogP contribution is -2.47. The van der Waals surface area contributed by atoms with E-state index in [4.69, 9.17) is 9.47 Å². The van der Waals surface area contributed by atoms with Crippen molar-refractivity contribution in [1.29, 1.82) is 0 Å². The van der Waals surface area contributed by atoms with Gasteiger partial charge >= 0.3 is 5.97 Å². The molecule has 3 N–H and O–H groups in total. The Balaban J connectivity index is 2.74. The smallest absolute Gasteiger partial charge is 0.344 e. The highest BCUT2D eigenvalue weighted by atomic mass is 16.7. The van der Waals surface area contributed by atoms with Crippen LogP contribution in [-0.4, -0.2) is 40.8 Å². The van der Waals surface area contributed by atoms with E-state index in [1.807, 2.05) is 0 Å². The fraction of sp³-hybridized carbons (Fsp3) is 0.462. The van der Waals surface area contributed by atoms with E-state index in [1.54, 1.807) is 13.8 Å². The van der Waals surface area contributed by atoms with Gasteiger partial charge in [-0.3, -0.25) is 0 Å². The van der Waals surface area contributed by atoms with E-state index in [-0.39, 0.29) is 11.3 Å². The van der Waals surface area contributed by atoms with Crippen LogP contribution in [0.5, 0.6) is 11.5 Å². The van der Waals surface area contributed by atoms with Crippen molar-refractivity contribution in [1.82, 2.24) is 0 Å². The first-order valence-corrected chi connectivity index (χ1v) is 5.82. The Bertz CT molecular complexity index is 538. The van der Waals surface area contributed by atoms with Crippen LogP contribution in [0.25, 0.3) is 0 Å². The maximum absolute atomic E-state index is 11.9. The zero-order valence-corrected chi connectivity index (χ0v) is 10.9. The summed E-state index contributed by atoms with van der Waals surface area (Å²) in [5.74, 6) is -3.42. The number of carbonyl (C=O) groups excluding carboxylic acids is 1. The fourth-order valence-electron chi connectivity index (χ4n) is 2.43. The maximum Gasteiger partial charge on any atom is 0.344 e. The van der Waals surface area contributed by atoms with E-state index in [0.717, 1.165) is 0 Å². The molecule has 0 bridgehead atoms. The minimum absolute atomic E-state index is 0.00363. The molecule has 1 unspecified atom stereocenters. The summed E-state index contributed by atoms with van der Waals surface area (Å²) >= 11 is 0. The van der Waals surface area contributed by atoms with E-state index in [9.17, 15) is 20.1 Å². The number of methoxy groups -OCH3 is 1. The van der Waals surface area contributed by atoms with Crippen LogP contribution < -0.4 is 4.74 Å². The number of esters is 1. The molecule has 0 aromatic heterocycles. The van der Waals surface area contributed by atoms with E-state index >= 15 is 0 Å². The third-order valence-electron chi connectivity index (χ3n) is 3.60. The van der Waals surface area contributed by atoms with Gasteiger partial charge in [0.1, 0.15) is 23.7 Å². The van der Waals surface area contributed by atoms with Gasteiger partial charge in [0.2, 0.25) is 5.79 Å². The maximum atomic E-state index is 11.9. The van der Waals surface area contributed by atoms with Crippen LogP contribution in [0.2, 0.25) is 0 Å². The number of benzene rings is 1. The molecule has 0 fully saturated rings. The molecule has 1 aliphatic heterocycles. The van der Waals surface area contributed by atoms with Gasteiger partial charge in [-0.15, -0.1) is 0 Å². The molecule has 19 heavy (non-hydrogen) atoms. The van der Waals surface area contributed by atoms with Crippen molar-refractivity contribution in [2.75, 3.05) is 13.7 Å². The molecule has 0 spiro atoms. The second-order valence-electron chi connectivity index (χ2n) is 4.63. The van der Waals surface area contributed by atoms with E-state index in [0.29, 0.717) is 16.9 Å². The monoisotopic (exact) mass is 268 g/mol. The Morgan fingerprint density at radius 2 is 2.16 bits per heavy atom. The molecule has 1 aromatic carbocycles. The molecule has 0 radical (unpaired) electrons. The van der Waals surface area contributed by atoms with Crippen molar-refractivity contribution >= 4 is 5.97 Å². The highest BCUT2D eigenvalue weighted by Gasteiger charge is 2.47. The highest BCUT2D eigenvalue weighted by molar-refractivity contribution is 5.96. The quantitative estimate of drug-likeness (QED) is 0.682. The first-order valence-electron chi connectivity index (χ1n) is 5.82. The molecule has 6 heteroatoms. The molecule has 1 aliphatic rings. The summed E-state index contributed by atoms with van der Waals surface area (Å²) in [6, 6.07) is 1.32. The van der Waals surface area contributed by atoms with Gasteiger partial charge in [-0.2, -0.15) is 0 Å². The molecule has 0 aliphatic carbocycles. The number of hydrogen-bond donors (Lipinski definition) is 3. The van der Waals surface area contributed by atoms with E-state index in [2.05, 4.69) is 0 Å². The minimum Gasteiger partial charge on any atom is -0.507 e. The largest absolute Gasteiger partial charge is 0.507 e. The average molecular weight is 268 g/mol. The summed E-state index contributed by atoms with van der Waals surface area (Å²) in [6.07, 6.45) is 0. The summed E-state index contributed by atoms with van der Waals surface area (Å²) in [7, 11) is 1.44. The normalized spacial score (nSPS) is 25.7. The molecule has 2 atom stereocenters. The number of carbonyl (C=O) groups is 1. The number of fused-ring (bicyclic) bond motifs is 1. The molecule has 1 aromatic rings. The van der Waals surface area contributed by atoms with Crippen LogP contribution in [0, 0.1) is 6.92 Å². The summed E-state index contributed by atoms with van der Waals surface area (Å²) < 4.78 is 9.96. The van der Waals surface area contributed by atoms with Crippen molar-refractivity contribution in [2.45, 2.75) is 25.6 Å². The Kier molecular flexibility index (Phi) is 3.15. The van der Waals surface area contributed by atoms with Gasteiger partial charge in [-0.05, 0) is 18.1 Å². The number of cyclic esters (lactones) is 1. The summed E-state index contributed by atoms with van der Waals surface area (Å²) in [5, 5.41) is 29.3. The van der Waals surface area contributed by atoms with Crippen LogP contribution in [0.1, 0.15) is 34.3 Å². The van der Waals surface area contributed by atoms with E-state index < -0.39 is 24.3 Å². The van der Waals surface area contributed by atoms with Crippen molar-refractivity contribution < 1.29 is 29.6 Å². The van der Waals surface area contributed by atoms with Crippen LogP contribution >= 0.6 is 0 Å². The molecule has 2 rings (SSSR count). The standard InChI is InChI=1S/C13H16O6/c1-6-9(18-3)4-8(15)11-10(6)7(2)13(17,5-14)19-12(11)16/h4,7,14-15,17H,5H2,1-3H3/t7-,13?/m0/s1. The van der Waals surface area contributed by atoms with Crippen molar-refractivity contribution in [2.24, 2.45) is 0 Å². The highest BCUT2D eigenvalue weighted by Crippen LogP contribution is 2.44. The number of phenols is 1. The van der Waals surface area contributed by atoms with Crippen LogP contribution in [0.3, 0.4) is 0 Å². The third kappa shape index (κ3) is 1.84. The second-order valence-corrected chi connectivity index (χ2v) is 4.63. The number of ether oxygens (including phenoxy) is 2. The van der Waals surface area contributed by atoms with Crippen molar-refractivity contribution in [3.63, 3.8) is 0 Å². The molecular weight excluding hydrogens is 252 g/mol. The predicted octanol–water partition coefficient (Wildman–Crippen LogP) is 0.664. The van der Waals surface area contributed by atoms with Gasteiger partial charge in [0, 0.05) is 6.07 Å². The average Bonchev–Trinajstić information content (AvgIpc) is 2.38. The number of phenolic OH excluding ortho intramolecular Hbond substituents is 1. The predicted molar refractivity (Wildman–Crippen MR) is 65.3 cm³/mol. The first kappa shape index (κ1) is 13.6.